The molecule has 0 fully saturated rings. The fourth-order valence-electron chi connectivity index (χ4n) is 2.11. The summed E-state index contributed by atoms with van der Waals surface area (Å²) in [6.07, 6.45) is 0. The topological polar surface area (TPSA) is 55.8 Å². The third kappa shape index (κ3) is 5.19. The Hall–Kier alpha value is -1.88. The Morgan fingerprint density at radius 3 is 2.38 bits per heavy atom. The minimum atomic E-state index is -0.481. The van der Waals surface area contributed by atoms with Gasteiger partial charge in [-0.15, -0.1) is 0 Å². The molecular formula is C16H23NO4. The SMILES string of the molecule is CCN(CC)C(C)COC(=O)c1ccccc1OC(C)=O. The van der Waals surface area contributed by atoms with Gasteiger partial charge in [0.05, 0.1) is 0 Å². The number of nitrogens with zero attached hydrogens (tertiary/aromatic N) is 1. The number of hydrogen-bond donors (Lipinski definition) is 0. The summed E-state index contributed by atoms with van der Waals surface area (Å²) in [5.74, 6) is -0.719. The van der Waals surface area contributed by atoms with Crippen LogP contribution >= 0.6 is 0 Å². The number of para-hydroxylation sites is 1. The molecule has 0 spiro atoms. The molecule has 0 amide bonds. The molecule has 0 N–H and O–H groups in total. The summed E-state index contributed by atoms with van der Waals surface area (Å²) < 4.78 is 10.3. The standard InChI is InChI=1S/C16H23NO4/c1-5-17(6-2)12(3)11-20-16(19)14-9-7-8-10-15(14)21-13(4)18/h7-10,12H,5-6,11H2,1-4H3. The third-order valence-corrected chi connectivity index (χ3v) is 3.25. The van der Waals surface area contributed by atoms with E-state index in [0.29, 0.717) is 6.61 Å². The minimum Gasteiger partial charge on any atom is -0.460 e. The molecule has 116 valence electrons. The Morgan fingerprint density at radius 1 is 1.19 bits per heavy atom. The van der Waals surface area contributed by atoms with E-state index in [-0.39, 0.29) is 17.4 Å². The highest BCUT2D eigenvalue weighted by Gasteiger charge is 2.17. The van der Waals surface area contributed by atoms with Crippen molar-refractivity contribution in [2.24, 2.45) is 0 Å². The van der Waals surface area contributed by atoms with Crippen molar-refractivity contribution in [1.82, 2.24) is 4.90 Å². The lowest BCUT2D eigenvalue weighted by Gasteiger charge is -2.25. The molecule has 1 atom stereocenters. The summed E-state index contributed by atoms with van der Waals surface area (Å²) >= 11 is 0. The number of hydrogen-bond acceptors (Lipinski definition) is 5. The Kier molecular flexibility index (Phi) is 6.88. The molecule has 0 saturated carbocycles. The van der Waals surface area contributed by atoms with Crippen LogP contribution in [0.5, 0.6) is 5.75 Å². The largest absolute Gasteiger partial charge is 0.460 e. The maximum atomic E-state index is 12.1. The lowest BCUT2D eigenvalue weighted by atomic mass is 10.2. The lowest BCUT2D eigenvalue weighted by Crippen LogP contribution is -2.36. The maximum Gasteiger partial charge on any atom is 0.342 e. The van der Waals surface area contributed by atoms with Crippen LogP contribution in [0.3, 0.4) is 0 Å². The molecule has 5 heteroatoms. The second kappa shape index (κ2) is 8.42. The number of benzene rings is 1. The van der Waals surface area contributed by atoms with E-state index in [2.05, 4.69) is 18.7 Å². The van der Waals surface area contributed by atoms with Gasteiger partial charge in [-0.2, -0.15) is 0 Å². The van der Waals surface area contributed by atoms with E-state index in [4.69, 9.17) is 9.47 Å². The highest BCUT2D eigenvalue weighted by atomic mass is 16.5. The van der Waals surface area contributed by atoms with Crippen molar-refractivity contribution in [3.8, 4) is 5.75 Å². The average molecular weight is 293 g/mol. The Balaban J connectivity index is 2.70. The van der Waals surface area contributed by atoms with Gasteiger partial charge in [0.15, 0.2) is 0 Å². The van der Waals surface area contributed by atoms with Crippen molar-refractivity contribution >= 4 is 11.9 Å². The fraction of sp³-hybridized carbons (Fsp3) is 0.500. The zero-order valence-corrected chi connectivity index (χ0v) is 13.1. The molecule has 0 aromatic heterocycles. The summed E-state index contributed by atoms with van der Waals surface area (Å²) in [4.78, 5) is 25.4. The van der Waals surface area contributed by atoms with E-state index < -0.39 is 11.9 Å². The molecule has 1 aromatic rings. The zero-order valence-electron chi connectivity index (χ0n) is 13.1. The van der Waals surface area contributed by atoms with Gasteiger partial charge in [0.2, 0.25) is 0 Å². The lowest BCUT2D eigenvalue weighted by molar-refractivity contribution is -0.131. The van der Waals surface area contributed by atoms with Crippen LogP contribution in [0.2, 0.25) is 0 Å². The van der Waals surface area contributed by atoms with Crippen LogP contribution in [0, 0.1) is 0 Å². The molecule has 0 aliphatic rings. The van der Waals surface area contributed by atoms with Crippen LogP contribution in [0.4, 0.5) is 0 Å². The first-order chi connectivity index (χ1) is 9.99. The summed E-state index contributed by atoms with van der Waals surface area (Å²) in [5.41, 5.74) is 0.263. The molecule has 1 aromatic carbocycles. The van der Waals surface area contributed by atoms with Crippen LogP contribution < -0.4 is 4.74 Å². The van der Waals surface area contributed by atoms with Crippen LogP contribution in [0.1, 0.15) is 38.1 Å². The number of rotatable bonds is 7. The molecule has 0 heterocycles. The molecule has 21 heavy (non-hydrogen) atoms. The molecule has 0 aliphatic carbocycles. The van der Waals surface area contributed by atoms with E-state index in [0.717, 1.165) is 13.1 Å². The van der Waals surface area contributed by atoms with E-state index in [1.165, 1.54) is 6.92 Å². The Labute approximate surface area is 125 Å². The second-order valence-electron chi connectivity index (χ2n) is 4.76. The van der Waals surface area contributed by atoms with E-state index >= 15 is 0 Å². The number of ether oxygens (including phenoxy) is 2. The summed E-state index contributed by atoms with van der Waals surface area (Å²) in [7, 11) is 0. The monoisotopic (exact) mass is 293 g/mol. The van der Waals surface area contributed by atoms with Crippen LogP contribution in [0.15, 0.2) is 24.3 Å². The number of esters is 2. The van der Waals surface area contributed by atoms with Crippen molar-refractivity contribution in [3.63, 3.8) is 0 Å². The number of carbonyl (C=O) groups is 2. The molecule has 1 rings (SSSR count). The molecule has 0 saturated heterocycles. The van der Waals surface area contributed by atoms with Gasteiger partial charge in [0.1, 0.15) is 17.9 Å². The van der Waals surface area contributed by atoms with Crippen molar-refractivity contribution in [3.05, 3.63) is 29.8 Å². The average Bonchev–Trinajstić information content (AvgIpc) is 2.46. The van der Waals surface area contributed by atoms with Gasteiger partial charge >= 0.3 is 11.9 Å². The van der Waals surface area contributed by atoms with Crippen molar-refractivity contribution < 1.29 is 19.1 Å². The quantitative estimate of drug-likeness (QED) is 0.571. The first-order valence-corrected chi connectivity index (χ1v) is 7.18. The van der Waals surface area contributed by atoms with Gasteiger partial charge in [-0.25, -0.2) is 4.79 Å². The normalized spacial score (nSPS) is 12.0. The first kappa shape index (κ1) is 17.2. The van der Waals surface area contributed by atoms with Crippen LogP contribution in [-0.2, 0) is 9.53 Å². The molecule has 0 radical (unpaired) electrons. The molecule has 0 bridgehead atoms. The van der Waals surface area contributed by atoms with Gasteiger partial charge in [-0.3, -0.25) is 9.69 Å². The van der Waals surface area contributed by atoms with Gasteiger partial charge in [-0.05, 0) is 32.1 Å². The minimum absolute atomic E-state index is 0.143. The van der Waals surface area contributed by atoms with Crippen molar-refractivity contribution in [2.75, 3.05) is 19.7 Å². The summed E-state index contributed by atoms with van der Waals surface area (Å²) in [6, 6.07) is 6.71. The molecule has 0 aliphatic heterocycles. The predicted molar refractivity (Wildman–Crippen MR) is 80.4 cm³/mol. The van der Waals surface area contributed by atoms with Crippen molar-refractivity contribution in [2.45, 2.75) is 33.7 Å². The summed E-state index contributed by atoms with van der Waals surface area (Å²) in [6.45, 7) is 9.55. The van der Waals surface area contributed by atoms with Gasteiger partial charge < -0.3 is 9.47 Å². The highest BCUT2D eigenvalue weighted by Crippen LogP contribution is 2.19. The molecule has 5 nitrogen and oxygen atoms in total. The Morgan fingerprint density at radius 2 is 1.81 bits per heavy atom. The molecule has 1 unspecified atom stereocenters. The van der Waals surface area contributed by atoms with E-state index in [9.17, 15) is 9.59 Å². The van der Waals surface area contributed by atoms with Crippen LogP contribution in [0.25, 0.3) is 0 Å². The smallest absolute Gasteiger partial charge is 0.342 e. The molecular weight excluding hydrogens is 270 g/mol. The van der Waals surface area contributed by atoms with Gasteiger partial charge in [0.25, 0.3) is 0 Å². The van der Waals surface area contributed by atoms with Gasteiger partial charge in [-0.1, -0.05) is 26.0 Å². The fourth-order valence-corrected chi connectivity index (χ4v) is 2.11. The van der Waals surface area contributed by atoms with Gasteiger partial charge in [0, 0.05) is 13.0 Å². The van der Waals surface area contributed by atoms with E-state index in [1.807, 2.05) is 6.92 Å². The van der Waals surface area contributed by atoms with E-state index in [1.54, 1.807) is 24.3 Å². The zero-order chi connectivity index (χ0) is 15.8. The second-order valence-corrected chi connectivity index (χ2v) is 4.76. The maximum absolute atomic E-state index is 12.1. The highest BCUT2D eigenvalue weighted by molar-refractivity contribution is 5.93. The van der Waals surface area contributed by atoms with Crippen LogP contribution in [-0.4, -0.2) is 42.6 Å². The first-order valence-electron chi connectivity index (χ1n) is 7.18. The third-order valence-electron chi connectivity index (χ3n) is 3.25. The number of carbonyl (C=O) groups excluding carboxylic acids is 2. The summed E-state index contributed by atoms with van der Waals surface area (Å²) in [5, 5.41) is 0. The van der Waals surface area contributed by atoms with Crippen molar-refractivity contribution in [1.29, 1.82) is 0 Å². The predicted octanol–water partition coefficient (Wildman–Crippen LogP) is 2.50. The Bertz CT molecular complexity index is 483. The number of likely N-dealkylation sites (N-methyl/N-ethyl adjacent to an activating group) is 1.